The van der Waals surface area contributed by atoms with Gasteiger partial charge in [0.15, 0.2) is 0 Å². The van der Waals surface area contributed by atoms with E-state index in [1.165, 1.54) is 7.11 Å². The molecule has 1 aliphatic heterocycles. The van der Waals surface area contributed by atoms with E-state index in [1.54, 1.807) is 0 Å². The third-order valence-corrected chi connectivity index (χ3v) is 3.94. The lowest BCUT2D eigenvalue weighted by molar-refractivity contribution is -0.145. The molecule has 21 heavy (non-hydrogen) atoms. The van der Waals surface area contributed by atoms with Gasteiger partial charge in [0.2, 0.25) is 5.91 Å². The highest BCUT2D eigenvalue weighted by Gasteiger charge is 2.25. The number of piperidine rings is 1. The van der Waals surface area contributed by atoms with Gasteiger partial charge in [0, 0.05) is 0 Å². The number of methoxy groups -OCH3 is 1. The average molecular weight is 299 g/mol. The summed E-state index contributed by atoms with van der Waals surface area (Å²) in [5, 5.41) is 2.79. The van der Waals surface area contributed by atoms with Gasteiger partial charge in [-0.05, 0) is 50.7 Å². The highest BCUT2D eigenvalue weighted by molar-refractivity contribution is 5.85. The predicted octanol–water partition coefficient (Wildman–Crippen LogP) is 0.361. The Labute approximate surface area is 127 Å². The number of hydrogen-bond donors (Lipinski definition) is 2. The van der Waals surface area contributed by atoms with E-state index < -0.39 is 6.04 Å². The Bertz CT molecular complexity index is 339. The topological polar surface area (TPSA) is 84.7 Å². The smallest absolute Gasteiger partial charge is 0.328 e. The third kappa shape index (κ3) is 6.44. The molecule has 6 nitrogen and oxygen atoms in total. The number of rotatable bonds is 7. The minimum Gasteiger partial charge on any atom is -0.467 e. The van der Waals surface area contributed by atoms with Crippen LogP contribution in [0.4, 0.5) is 0 Å². The number of esters is 1. The zero-order chi connectivity index (χ0) is 15.8. The van der Waals surface area contributed by atoms with Crippen LogP contribution in [0.15, 0.2) is 0 Å². The van der Waals surface area contributed by atoms with Crippen LogP contribution in [0.1, 0.15) is 33.1 Å². The van der Waals surface area contributed by atoms with E-state index >= 15 is 0 Å². The zero-order valence-corrected chi connectivity index (χ0v) is 13.4. The van der Waals surface area contributed by atoms with Crippen LogP contribution in [0.2, 0.25) is 0 Å². The molecule has 3 N–H and O–H groups in total. The van der Waals surface area contributed by atoms with Gasteiger partial charge in [0.25, 0.3) is 0 Å². The lowest BCUT2D eigenvalue weighted by Gasteiger charge is -2.31. The fourth-order valence-electron chi connectivity index (χ4n) is 2.65. The molecule has 0 bridgehead atoms. The molecule has 1 rings (SSSR count). The van der Waals surface area contributed by atoms with E-state index in [-0.39, 0.29) is 11.9 Å². The van der Waals surface area contributed by atoms with Gasteiger partial charge < -0.3 is 15.8 Å². The minimum absolute atomic E-state index is 0.114. The second-order valence-corrected chi connectivity index (χ2v) is 6.23. The van der Waals surface area contributed by atoms with Gasteiger partial charge in [0.05, 0.1) is 13.7 Å². The van der Waals surface area contributed by atoms with Gasteiger partial charge in [0.1, 0.15) is 6.04 Å². The van der Waals surface area contributed by atoms with E-state index in [1.807, 2.05) is 13.8 Å². The summed E-state index contributed by atoms with van der Waals surface area (Å²) in [4.78, 5) is 25.9. The highest BCUT2D eigenvalue weighted by atomic mass is 16.5. The zero-order valence-electron chi connectivity index (χ0n) is 13.4. The number of nitrogens with one attached hydrogen (secondary N) is 1. The molecule has 1 saturated heterocycles. The molecule has 1 unspecified atom stereocenters. The quantitative estimate of drug-likeness (QED) is 0.663. The first-order valence-corrected chi connectivity index (χ1v) is 7.75. The van der Waals surface area contributed by atoms with Crippen LogP contribution in [-0.4, -0.2) is 56.1 Å². The normalized spacial score (nSPS) is 18.5. The molecule has 0 spiro atoms. The van der Waals surface area contributed by atoms with Crippen LogP contribution >= 0.6 is 0 Å². The maximum Gasteiger partial charge on any atom is 0.328 e. The Morgan fingerprint density at radius 3 is 2.43 bits per heavy atom. The number of hydrogen-bond acceptors (Lipinski definition) is 5. The summed E-state index contributed by atoms with van der Waals surface area (Å²) in [5.74, 6) is 0.402. The van der Waals surface area contributed by atoms with E-state index in [4.69, 9.17) is 10.5 Å². The van der Waals surface area contributed by atoms with Crippen molar-refractivity contribution in [2.45, 2.75) is 39.2 Å². The summed E-state index contributed by atoms with van der Waals surface area (Å²) in [6.07, 6.45) is 2.67. The van der Waals surface area contributed by atoms with Gasteiger partial charge in [-0.2, -0.15) is 0 Å². The Morgan fingerprint density at radius 2 is 1.95 bits per heavy atom. The maximum atomic E-state index is 12.1. The number of amides is 1. The number of ether oxygens (including phenoxy) is 1. The monoisotopic (exact) mass is 299 g/mol. The van der Waals surface area contributed by atoms with Crippen molar-refractivity contribution >= 4 is 11.9 Å². The molecule has 1 fully saturated rings. The largest absolute Gasteiger partial charge is 0.467 e. The van der Waals surface area contributed by atoms with Crippen LogP contribution in [0.25, 0.3) is 0 Å². The molecule has 6 heteroatoms. The van der Waals surface area contributed by atoms with Gasteiger partial charge in [-0.1, -0.05) is 13.8 Å². The van der Waals surface area contributed by atoms with Crippen molar-refractivity contribution < 1.29 is 14.3 Å². The number of nitrogens with two attached hydrogens (primary N) is 1. The molecule has 1 atom stereocenters. The van der Waals surface area contributed by atoms with Crippen LogP contribution in [0.5, 0.6) is 0 Å². The first-order chi connectivity index (χ1) is 9.96. The van der Waals surface area contributed by atoms with E-state index in [9.17, 15) is 9.59 Å². The Kier molecular flexibility index (Phi) is 7.67. The van der Waals surface area contributed by atoms with Crippen molar-refractivity contribution in [1.29, 1.82) is 0 Å². The molecular weight excluding hydrogens is 270 g/mol. The Balaban J connectivity index is 2.41. The average Bonchev–Trinajstić information content (AvgIpc) is 2.46. The molecule has 0 radical (unpaired) electrons. The number of carbonyl (C=O) groups is 2. The van der Waals surface area contributed by atoms with Crippen LogP contribution in [0, 0.1) is 11.8 Å². The van der Waals surface area contributed by atoms with Crippen molar-refractivity contribution in [3.63, 3.8) is 0 Å². The van der Waals surface area contributed by atoms with Crippen molar-refractivity contribution in [2.75, 3.05) is 33.3 Å². The summed E-state index contributed by atoms with van der Waals surface area (Å²) < 4.78 is 4.75. The van der Waals surface area contributed by atoms with E-state index in [0.29, 0.717) is 24.8 Å². The SMILES string of the molecule is COC(=O)C(CC(C)C)NC(=O)CN1CCC(CN)CC1. The van der Waals surface area contributed by atoms with E-state index in [2.05, 4.69) is 10.2 Å². The van der Waals surface area contributed by atoms with Gasteiger partial charge in [-0.3, -0.25) is 9.69 Å². The molecule has 0 aromatic carbocycles. The maximum absolute atomic E-state index is 12.1. The minimum atomic E-state index is -0.552. The molecule has 122 valence electrons. The summed E-state index contributed by atoms with van der Waals surface area (Å²) in [7, 11) is 1.35. The molecule has 0 saturated carbocycles. The van der Waals surface area contributed by atoms with Gasteiger partial charge in [-0.15, -0.1) is 0 Å². The van der Waals surface area contributed by atoms with Crippen molar-refractivity contribution in [3.8, 4) is 0 Å². The number of nitrogens with zero attached hydrogens (tertiary/aromatic N) is 1. The molecule has 0 aliphatic carbocycles. The second kappa shape index (κ2) is 9.00. The van der Waals surface area contributed by atoms with Crippen LogP contribution in [-0.2, 0) is 14.3 Å². The first kappa shape index (κ1) is 17.9. The van der Waals surface area contributed by atoms with Crippen molar-refractivity contribution in [2.24, 2.45) is 17.6 Å². The van der Waals surface area contributed by atoms with Crippen LogP contribution < -0.4 is 11.1 Å². The summed E-state index contributed by atoms with van der Waals surface area (Å²) >= 11 is 0. The van der Waals surface area contributed by atoms with Crippen molar-refractivity contribution in [1.82, 2.24) is 10.2 Å². The van der Waals surface area contributed by atoms with E-state index in [0.717, 1.165) is 32.5 Å². The molecule has 1 heterocycles. The summed E-state index contributed by atoms with van der Waals surface area (Å²) in [5.41, 5.74) is 5.66. The number of likely N-dealkylation sites (tertiary alicyclic amines) is 1. The molecule has 0 aromatic rings. The van der Waals surface area contributed by atoms with Crippen LogP contribution in [0.3, 0.4) is 0 Å². The summed E-state index contributed by atoms with van der Waals surface area (Å²) in [6, 6.07) is -0.552. The Morgan fingerprint density at radius 1 is 1.33 bits per heavy atom. The molecule has 1 amide bonds. The first-order valence-electron chi connectivity index (χ1n) is 7.75. The van der Waals surface area contributed by atoms with Gasteiger partial charge in [-0.25, -0.2) is 4.79 Å². The number of carbonyl (C=O) groups excluding carboxylic acids is 2. The standard InChI is InChI=1S/C15H29N3O3/c1-11(2)8-13(15(20)21-3)17-14(19)10-18-6-4-12(9-16)5-7-18/h11-13H,4-10,16H2,1-3H3,(H,17,19). The molecular formula is C15H29N3O3. The lowest BCUT2D eigenvalue weighted by Crippen LogP contribution is -2.48. The highest BCUT2D eigenvalue weighted by Crippen LogP contribution is 2.15. The van der Waals surface area contributed by atoms with Crippen molar-refractivity contribution in [3.05, 3.63) is 0 Å². The molecule has 0 aromatic heterocycles. The molecule has 1 aliphatic rings. The predicted molar refractivity (Wildman–Crippen MR) is 81.6 cm³/mol. The second-order valence-electron chi connectivity index (χ2n) is 6.23. The van der Waals surface area contributed by atoms with Gasteiger partial charge >= 0.3 is 5.97 Å². The lowest BCUT2D eigenvalue weighted by atomic mass is 9.97. The fourth-order valence-corrected chi connectivity index (χ4v) is 2.65. The fraction of sp³-hybridized carbons (Fsp3) is 0.867. The third-order valence-electron chi connectivity index (χ3n) is 3.94. The summed E-state index contributed by atoms with van der Waals surface area (Å²) in [6.45, 7) is 6.87. The Hall–Kier alpha value is -1.14.